The van der Waals surface area contributed by atoms with Gasteiger partial charge in [0.2, 0.25) is 0 Å². The van der Waals surface area contributed by atoms with Crippen LogP contribution in [0.25, 0.3) is 0 Å². The van der Waals surface area contributed by atoms with Crippen LogP contribution < -0.4 is 10.5 Å². The highest BCUT2D eigenvalue weighted by Crippen LogP contribution is 2.17. The van der Waals surface area contributed by atoms with Gasteiger partial charge in [-0.2, -0.15) is 0 Å². The van der Waals surface area contributed by atoms with E-state index in [4.69, 9.17) is 15.6 Å². The topological polar surface area (TPSA) is 72.5 Å². The minimum Gasteiger partial charge on any atom is -0.488 e. The van der Waals surface area contributed by atoms with Crippen molar-refractivity contribution < 1.29 is 23.4 Å². The van der Waals surface area contributed by atoms with Crippen LogP contribution in [0.2, 0.25) is 0 Å². The van der Waals surface area contributed by atoms with E-state index in [1.165, 1.54) is 0 Å². The van der Waals surface area contributed by atoms with E-state index in [9.17, 15) is 13.6 Å². The molecule has 7 heteroatoms. The molecule has 0 fully saturated rings. The van der Waals surface area contributed by atoms with Gasteiger partial charge in [-0.3, -0.25) is 4.79 Å². The van der Waals surface area contributed by atoms with E-state index in [1.54, 1.807) is 0 Å². The van der Waals surface area contributed by atoms with Crippen molar-refractivity contribution in [2.24, 2.45) is 5.73 Å². The van der Waals surface area contributed by atoms with Gasteiger partial charge in [-0.25, -0.2) is 8.78 Å². The number of carbonyl (C=O) groups is 1. The fourth-order valence-corrected chi connectivity index (χ4v) is 0.839. The summed E-state index contributed by atoms with van der Waals surface area (Å²) >= 11 is 0. The molecule has 16 heavy (non-hydrogen) atoms. The molecule has 0 aliphatic carbocycles. The number of carboxylic acid groups (broad SMARTS) is 1. The van der Waals surface area contributed by atoms with Crippen molar-refractivity contribution in [3.05, 3.63) is 29.8 Å². The molecule has 90 valence electrons. The first-order valence-electron chi connectivity index (χ1n) is 4.07. The summed E-state index contributed by atoms with van der Waals surface area (Å²) in [6, 6.07) is 1.37. The van der Waals surface area contributed by atoms with Crippen LogP contribution in [0.5, 0.6) is 5.75 Å². The van der Waals surface area contributed by atoms with Crippen molar-refractivity contribution in [2.45, 2.75) is 6.04 Å². The number of aliphatic carboxylic acids is 1. The third-order valence-corrected chi connectivity index (χ3v) is 1.63. The zero-order valence-corrected chi connectivity index (χ0v) is 8.84. The second kappa shape index (κ2) is 6.24. The van der Waals surface area contributed by atoms with Crippen LogP contribution in [0.4, 0.5) is 8.78 Å². The fourth-order valence-electron chi connectivity index (χ4n) is 0.839. The standard InChI is InChI=1S/C9H9F2NO3.ClH/c10-5-1-2-6(11)8(3-5)15-4-7(12)9(13)14;/h1-3,7H,4,12H2,(H,13,14);1H/t7-;/m0./s1. The monoisotopic (exact) mass is 253 g/mol. The molecule has 0 aliphatic heterocycles. The van der Waals surface area contributed by atoms with E-state index in [0.717, 1.165) is 18.2 Å². The zero-order chi connectivity index (χ0) is 11.4. The van der Waals surface area contributed by atoms with Gasteiger partial charge < -0.3 is 15.6 Å². The normalized spacial score (nSPS) is 11.4. The Bertz CT molecular complexity index is 376. The predicted molar refractivity (Wildman–Crippen MR) is 54.7 cm³/mol. The van der Waals surface area contributed by atoms with Crippen molar-refractivity contribution in [3.8, 4) is 5.75 Å². The Morgan fingerprint density at radius 2 is 2.12 bits per heavy atom. The average Bonchev–Trinajstić information content (AvgIpc) is 2.18. The Morgan fingerprint density at radius 3 is 2.69 bits per heavy atom. The van der Waals surface area contributed by atoms with Crippen molar-refractivity contribution >= 4 is 18.4 Å². The molecule has 3 N–H and O–H groups in total. The van der Waals surface area contributed by atoms with Gasteiger partial charge in [-0.15, -0.1) is 12.4 Å². The van der Waals surface area contributed by atoms with Crippen LogP contribution in [0.1, 0.15) is 0 Å². The van der Waals surface area contributed by atoms with Gasteiger partial charge in [-0.05, 0) is 12.1 Å². The van der Waals surface area contributed by atoms with Gasteiger partial charge in [-0.1, -0.05) is 0 Å². The fraction of sp³-hybridized carbons (Fsp3) is 0.222. The number of nitrogens with two attached hydrogens (primary N) is 1. The highest BCUT2D eigenvalue weighted by molar-refractivity contribution is 5.85. The first kappa shape index (κ1) is 14.6. The Labute approximate surface area is 96.4 Å². The third kappa shape index (κ3) is 4.00. The summed E-state index contributed by atoms with van der Waals surface area (Å²) in [7, 11) is 0. The number of ether oxygens (including phenoxy) is 1. The van der Waals surface area contributed by atoms with Gasteiger partial charge in [0.1, 0.15) is 18.5 Å². The molecule has 0 unspecified atom stereocenters. The van der Waals surface area contributed by atoms with Crippen LogP contribution in [0.3, 0.4) is 0 Å². The van der Waals surface area contributed by atoms with Crippen LogP contribution >= 0.6 is 12.4 Å². The van der Waals surface area contributed by atoms with E-state index >= 15 is 0 Å². The molecule has 1 rings (SSSR count). The van der Waals surface area contributed by atoms with E-state index in [2.05, 4.69) is 0 Å². The van der Waals surface area contributed by atoms with Crippen LogP contribution in [0.15, 0.2) is 18.2 Å². The molecule has 0 bridgehead atoms. The number of rotatable bonds is 4. The maximum absolute atomic E-state index is 12.9. The number of hydrogen-bond donors (Lipinski definition) is 2. The lowest BCUT2D eigenvalue weighted by Crippen LogP contribution is -2.36. The van der Waals surface area contributed by atoms with Crippen LogP contribution in [-0.2, 0) is 4.79 Å². The van der Waals surface area contributed by atoms with Gasteiger partial charge >= 0.3 is 5.97 Å². The predicted octanol–water partition coefficient (Wildman–Crippen LogP) is 1.18. The summed E-state index contributed by atoms with van der Waals surface area (Å²) in [6.07, 6.45) is 0. The largest absolute Gasteiger partial charge is 0.488 e. The molecular formula is C9H10ClF2NO3. The summed E-state index contributed by atoms with van der Waals surface area (Å²) in [4.78, 5) is 10.3. The van der Waals surface area contributed by atoms with Crippen molar-refractivity contribution in [1.29, 1.82) is 0 Å². The second-order valence-electron chi connectivity index (χ2n) is 2.83. The summed E-state index contributed by atoms with van der Waals surface area (Å²) in [5, 5.41) is 8.41. The molecule has 1 aromatic carbocycles. The highest BCUT2D eigenvalue weighted by atomic mass is 35.5. The Balaban J connectivity index is 0.00000225. The highest BCUT2D eigenvalue weighted by Gasteiger charge is 2.13. The molecule has 1 aromatic rings. The quantitative estimate of drug-likeness (QED) is 0.845. The van der Waals surface area contributed by atoms with Crippen LogP contribution in [-0.4, -0.2) is 23.7 Å². The van der Waals surface area contributed by atoms with E-state index in [-0.39, 0.29) is 18.2 Å². The first-order chi connectivity index (χ1) is 7.00. The van der Waals surface area contributed by atoms with Crippen molar-refractivity contribution in [1.82, 2.24) is 0 Å². The number of carboxylic acids is 1. The smallest absolute Gasteiger partial charge is 0.324 e. The Kier molecular flexibility index (Phi) is 5.69. The molecule has 0 saturated carbocycles. The number of hydrogen-bond acceptors (Lipinski definition) is 3. The lowest BCUT2D eigenvalue weighted by Gasteiger charge is -2.09. The summed E-state index contributed by atoms with van der Waals surface area (Å²) in [5.74, 6) is -3.07. The van der Waals surface area contributed by atoms with Gasteiger partial charge in [0.25, 0.3) is 0 Å². The van der Waals surface area contributed by atoms with Gasteiger partial charge in [0, 0.05) is 6.07 Å². The van der Waals surface area contributed by atoms with E-state index in [1.807, 2.05) is 0 Å². The van der Waals surface area contributed by atoms with Gasteiger partial charge in [0.15, 0.2) is 11.6 Å². The molecule has 0 saturated heterocycles. The average molecular weight is 254 g/mol. The summed E-state index contributed by atoms with van der Waals surface area (Å²) in [6.45, 7) is -0.421. The molecule has 4 nitrogen and oxygen atoms in total. The minimum atomic E-state index is -1.27. The lowest BCUT2D eigenvalue weighted by molar-refractivity contribution is -0.139. The Morgan fingerprint density at radius 1 is 1.50 bits per heavy atom. The molecule has 1 atom stereocenters. The maximum Gasteiger partial charge on any atom is 0.324 e. The van der Waals surface area contributed by atoms with Crippen molar-refractivity contribution in [3.63, 3.8) is 0 Å². The minimum absolute atomic E-state index is 0. The lowest BCUT2D eigenvalue weighted by atomic mass is 10.3. The van der Waals surface area contributed by atoms with Crippen LogP contribution in [0, 0.1) is 11.6 Å². The molecule has 0 spiro atoms. The van der Waals surface area contributed by atoms with E-state index < -0.39 is 30.3 Å². The molecule has 0 amide bonds. The third-order valence-electron chi connectivity index (χ3n) is 1.63. The molecule has 0 heterocycles. The molecule has 0 aliphatic rings. The number of halogens is 3. The molecular weight excluding hydrogens is 244 g/mol. The SMILES string of the molecule is Cl.N[C@@H](COc1cc(F)ccc1F)C(=O)O. The first-order valence-corrected chi connectivity index (χ1v) is 4.07. The second-order valence-corrected chi connectivity index (χ2v) is 2.83. The molecule has 0 aromatic heterocycles. The summed E-state index contributed by atoms with van der Waals surface area (Å²) < 4.78 is 30.3. The molecule has 0 radical (unpaired) electrons. The zero-order valence-electron chi connectivity index (χ0n) is 8.02. The Hall–Kier alpha value is -1.40. The van der Waals surface area contributed by atoms with Gasteiger partial charge in [0.05, 0.1) is 0 Å². The maximum atomic E-state index is 12.9. The summed E-state index contributed by atoms with van der Waals surface area (Å²) in [5.41, 5.74) is 5.11. The number of benzene rings is 1. The van der Waals surface area contributed by atoms with Crippen molar-refractivity contribution in [2.75, 3.05) is 6.61 Å². The van der Waals surface area contributed by atoms with E-state index in [0.29, 0.717) is 0 Å².